The van der Waals surface area contributed by atoms with Gasteiger partial charge in [-0.25, -0.2) is 10.5 Å². The minimum absolute atomic E-state index is 0.367. The molecule has 2 aromatic heterocycles. The van der Waals surface area contributed by atoms with Crippen LogP contribution in [0.25, 0.3) is 11.3 Å². The number of anilines is 1. The van der Waals surface area contributed by atoms with Gasteiger partial charge in [0.15, 0.2) is 0 Å². The van der Waals surface area contributed by atoms with Gasteiger partial charge in [-0.05, 0) is 29.5 Å². The molecule has 0 unspecified atom stereocenters. The molecule has 0 amide bonds. The van der Waals surface area contributed by atoms with Gasteiger partial charge in [0.1, 0.15) is 11.5 Å². The van der Waals surface area contributed by atoms with Crippen LogP contribution in [-0.2, 0) is 0 Å². The van der Waals surface area contributed by atoms with Crippen LogP contribution in [0.5, 0.6) is 0 Å². The molecule has 0 saturated carbocycles. The van der Waals surface area contributed by atoms with E-state index in [2.05, 4.69) is 31.2 Å². The summed E-state index contributed by atoms with van der Waals surface area (Å²) in [6, 6.07) is 11.9. The number of aromatic nitrogens is 4. The van der Waals surface area contributed by atoms with Crippen LogP contribution in [0.2, 0.25) is 0 Å². The van der Waals surface area contributed by atoms with Gasteiger partial charge in [0.05, 0.1) is 6.21 Å². The molecule has 0 aliphatic rings. The molecule has 1 aromatic carbocycles. The van der Waals surface area contributed by atoms with Crippen LogP contribution in [0, 0.1) is 6.92 Å². The normalized spacial score (nSPS) is 11.1. The number of hydrazone groups is 1. The van der Waals surface area contributed by atoms with E-state index in [1.165, 1.54) is 5.56 Å². The fourth-order valence-electron chi connectivity index (χ4n) is 1.66. The minimum Gasteiger partial charge on any atom is -0.455 e. The number of hydrogen-bond acceptors (Lipinski definition) is 6. The van der Waals surface area contributed by atoms with Gasteiger partial charge in [-0.3, -0.25) is 0 Å². The van der Waals surface area contributed by atoms with Gasteiger partial charge < -0.3 is 4.42 Å². The van der Waals surface area contributed by atoms with Crippen molar-refractivity contribution in [2.45, 2.75) is 6.92 Å². The van der Waals surface area contributed by atoms with Crippen molar-refractivity contribution < 1.29 is 4.42 Å². The van der Waals surface area contributed by atoms with Crippen molar-refractivity contribution in [3.05, 3.63) is 47.7 Å². The van der Waals surface area contributed by atoms with Crippen molar-refractivity contribution in [1.29, 1.82) is 0 Å². The first kappa shape index (κ1) is 12.1. The maximum absolute atomic E-state index is 5.68. The second kappa shape index (κ2) is 5.35. The summed E-state index contributed by atoms with van der Waals surface area (Å²) in [5.74, 6) is 1.81. The van der Waals surface area contributed by atoms with E-state index in [4.69, 9.17) is 4.42 Å². The van der Waals surface area contributed by atoms with Crippen LogP contribution < -0.4 is 5.43 Å². The largest absolute Gasteiger partial charge is 0.455 e. The first-order valence-electron chi connectivity index (χ1n) is 6.01. The maximum Gasteiger partial charge on any atom is 0.260 e. The monoisotopic (exact) mass is 268 g/mol. The van der Waals surface area contributed by atoms with E-state index in [0.29, 0.717) is 11.7 Å². The lowest BCUT2D eigenvalue weighted by Crippen LogP contribution is -1.91. The predicted molar refractivity (Wildman–Crippen MR) is 74.3 cm³/mol. The van der Waals surface area contributed by atoms with Crippen LogP contribution in [-0.4, -0.2) is 26.8 Å². The van der Waals surface area contributed by atoms with Gasteiger partial charge in [0, 0.05) is 5.56 Å². The van der Waals surface area contributed by atoms with E-state index in [-0.39, 0.29) is 0 Å². The summed E-state index contributed by atoms with van der Waals surface area (Å²) >= 11 is 0. The Morgan fingerprint density at radius 3 is 2.80 bits per heavy atom. The molecule has 20 heavy (non-hydrogen) atoms. The highest BCUT2D eigenvalue weighted by Gasteiger charge is 2.03. The Bertz CT molecular complexity index is 699. The molecular weight excluding hydrogens is 256 g/mol. The third-order valence-corrected chi connectivity index (χ3v) is 2.67. The number of hydrogen-bond donors (Lipinski definition) is 2. The van der Waals surface area contributed by atoms with Crippen molar-refractivity contribution in [1.82, 2.24) is 20.6 Å². The van der Waals surface area contributed by atoms with E-state index < -0.39 is 0 Å². The van der Waals surface area contributed by atoms with Gasteiger partial charge in [-0.15, -0.1) is 0 Å². The Hall–Kier alpha value is -2.96. The van der Waals surface area contributed by atoms with Crippen LogP contribution in [0.1, 0.15) is 11.3 Å². The number of furan rings is 1. The molecule has 0 radical (unpaired) electrons. The first-order chi connectivity index (χ1) is 9.81. The summed E-state index contributed by atoms with van der Waals surface area (Å²) in [5, 5.41) is 17.0. The summed E-state index contributed by atoms with van der Waals surface area (Å²) in [6.45, 7) is 2.05. The fourth-order valence-corrected chi connectivity index (χ4v) is 1.66. The number of benzene rings is 1. The Labute approximate surface area is 114 Å². The molecule has 2 heterocycles. The first-order valence-corrected chi connectivity index (χ1v) is 6.01. The number of rotatable bonds is 4. The average molecular weight is 268 g/mol. The van der Waals surface area contributed by atoms with Gasteiger partial charge in [-0.1, -0.05) is 34.9 Å². The third-order valence-electron chi connectivity index (χ3n) is 2.67. The number of H-pyrrole nitrogens is 1. The van der Waals surface area contributed by atoms with Crippen LogP contribution >= 0.6 is 0 Å². The van der Waals surface area contributed by atoms with E-state index in [1.54, 1.807) is 6.21 Å². The van der Waals surface area contributed by atoms with Crippen LogP contribution in [0.3, 0.4) is 0 Å². The quantitative estimate of drug-likeness (QED) is 0.559. The van der Waals surface area contributed by atoms with Crippen LogP contribution in [0.15, 0.2) is 45.9 Å². The summed E-state index contributed by atoms with van der Waals surface area (Å²) in [4.78, 5) is 0. The molecule has 100 valence electrons. The standard InChI is InChI=1S/C13H12N6O/c1-9-2-4-10(5-3-9)12-7-6-11(20-12)8-14-15-13-16-18-19-17-13/h2-8H,1H3,(H2,15,16,17,18,19)/b14-8+. The Morgan fingerprint density at radius 1 is 1.20 bits per heavy atom. The van der Waals surface area contributed by atoms with Gasteiger partial charge >= 0.3 is 0 Å². The molecule has 0 spiro atoms. The summed E-state index contributed by atoms with van der Waals surface area (Å²) in [7, 11) is 0. The van der Waals surface area contributed by atoms with Crippen molar-refractivity contribution in [2.75, 3.05) is 5.43 Å². The Kier molecular flexibility index (Phi) is 3.24. The third kappa shape index (κ3) is 2.72. The van der Waals surface area contributed by atoms with Crippen molar-refractivity contribution in [2.24, 2.45) is 5.10 Å². The number of tetrazole rings is 1. The van der Waals surface area contributed by atoms with Crippen LogP contribution in [0.4, 0.5) is 5.95 Å². The highest BCUT2D eigenvalue weighted by molar-refractivity contribution is 5.77. The van der Waals surface area contributed by atoms with E-state index in [0.717, 1.165) is 11.3 Å². The molecule has 0 fully saturated rings. The van der Waals surface area contributed by atoms with E-state index in [9.17, 15) is 0 Å². The van der Waals surface area contributed by atoms with E-state index >= 15 is 0 Å². The Morgan fingerprint density at radius 2 is 2.05 bits per heavy atom. The Balaban J connectivity index is 1.70. The molecule has 0 bridgehead atoms. The second-order valence-electron chi connectivity index (χ2n) is 4.19. The SMILES string of the molecule is Cc1ccc(-c2ccc(/C=N/Nc3nnn[nH]3)o2)cc1. The molecule has 0 atom stereocenters. The molecule has 3 rings (SSSR count). The molecule has 2 N–H and O–H groups in total. The smallest absolute Gasteiger partial charge is 0.260 e. The zero-order chi connectivity index (χ0) is 13.8. The molecule has 7 heteroatoms. The van der Waals surface area contributed by atoms with E-state index in [1.807, 2.05) is 43.3 Å². The summed E-state index contributed by atoms with van der Waals surface area (Å²) < 4.78 is 5.68. The molecule has 0 aliphatic carbocycles. The zero-order valence-electron chi connectivity index (χ0n) is 10.7. The maximum atomic E-state index is 5.68. The van der Waals surface area contributed by atoms with Gasteiger partial charge in [0.2, 0.25) is 0 Å². The van der Waals surface area contributed by atoms with Gasteiger partial charge in [0.25, 0.3) is 5.95 Å². The topological polar surface area (TPSA) is 92.0 Å². The highest BCUT2D eigenvalue weighted by atomic mass is 16.3. The molecule has 3 aromatic rings. The number of aromatic amines is 1. The molecule has 0 saturated heterocycles. The summed E-state index contributed by atoms with van der Waals surface area (Å²) in [6.07, 6.45) is 1.56. The molecule has 7 nitrogen and oxygen atoms in total. The van der Waals surface area contributed by atoms with Crippen molar-refractivity contribution in [3.63, 3.8) is 0 Å². The fraction of sp³-hybridized carbons (Fsp3) is 0.0769. The lowest BCUT2D eigenvalue weighted by atomic mass is 10.1. The lowest BCUT2D eigenvalue weighted by molar-refractivity contribution is 0.575. The number of aryl methyl sites for hydroxylation is 1. The lowest BCUT2D eigenvalue weighted by Gasteiger charge is -1.97. The highest BCUT2D eigenvalue weighted by Crippen LogP contribution is 2.21. The molecule has 0 aliphatic heterocycles. The van der Waals surface area contributed by atoms with Gasteiger partial charge in [-0.2, -0.15) is 5.10 Å². The minimum atomic E-state index is 0.367. The second-order valence-corrected chi connectivity index (χ2v) is 4.19. The zero-order valence-corrected chi connectivity index (χ0v) is 10.7. The number of nitrogens with zero attached hydrogens (tertiary/aromatic N) is 4. The average Bonchev–Trinajstić information content (AvgIpc) is 3.11. The van der Waals surface area contributed by atoms with Crippen molar-refractivity contribution >= 4 is 12.2 Å². The predicted octanol–water partition coefficient (Wildman–Crippen LogP) is 2.21. The molecular formula is C13H12N6O. The summed E-state index contributed by atoms with van der Waals surface area (Å²) in [5.41, 5.74) is 4.89. The number of nitrogens with one attached hydrogen (secondary N) is 2. The van der Waals surface area contributed by atoms with Crippen molar-refractivity contribution in [3.8, 4) is 11.3 Å².